The fraction of sp³-hybridized carbons (Fsp3) is 0.381. The van der Waals surface area contributed by atoms with Gasteiger partial charge in [0.2, 0.25) is 10.0 Å². The van der Waals surface area contributed by atoms with Crippen molar-refractivity contribution in [1.29, 1.82) is 0 Å². The van der Waals surface area contributed by atoms with Gasteiger partial charge in [0.1, 0.15) is 0 Å². The lowest BCUT2D eigenvalue weighted by molar-refractivity contribution is 0.133. The highest BCUT2D eigenvalue weighted by atomic mass is 32.2. The molecule has 7 nitrogen and oxygen atoms in total. The van der Waals surface area contributed by atoms with Crippen LogP contribution < -0.4 is 10.7 Å². The Bertz CT molecular complexity index is 1100. The maximum Gasteiger partial charge on any atom is 0.368 e. The Morgan fingerprint density at radius 2 is 1.69 bits per heavy atom. The summed E-state index contributed by atoms with van der Waals surface area (Å²) < 4.78 is 27.7. The van der Waals surface area contributed by atoms with Crippen LogP contribution in [0.4, 0.5) is 4.79 Å². The number of amides is 2. The van der Waals surface area contributed by atoms with E-state index in [-0.39, 0.29) is 29.3 Å². The van der Waals surface area contributed by atoms with E-state index in [4.69, 9.17) is 0 Å². The van der Waals surface area contributed by atoms with Gasteiger partial charge < -0.3 is 5.11 Å². The highest BCUT2D eigenvalue weighted by Gasteiger charge is 2.28. The fourth-order valence-electron chi connectivity index (χ4n) is 3.21. The predicted molar refractivity (Wildman–Crippen MR) is 109 cm³/mol. The SMILES string of the molecule is CC(C)CN(C[C@H](O)CCc1ccccc1)S(=O)(=O)c1ccc2c(c1)=NC(=O)N=2. The van der Waals surface area contributed by atoms with E-state index in [1.54, 1.807) is 0 Å². The molecule has 0 spiro atoms. The van der Waals surface area contributed by atoms with Crippen LogP contribution in [0.25, 0.3) is 0 Å². The van der Waals surface area contributed by atoms with Crippen molar-refractivity contribution in [3.8, 4) is 0 Å². The Morgan fingerprint density at radius 1 is 1.00 bits per heavy atom. The summed E-state index contributed by atoms with van der Waals surface area (Å²) in [4.78, 5) is 18.8. The van der Waals surface area contributed by atoms with Gasteiger partial charge >= 0.3 is 6.03 Å². The Hall–Kier alpha value is -2.42. The van der Waals surface area contributed by atoms with Gasteiger partial charge in [0.05, 0.1) is 21.7 Å². The third-order valence-electron chi connectivity index (χ3n) is 4.61. The minimum atomic E-state index is -3.85. The summed E-state index contributed by atoms with van der Waals surface area (Å²) in [6, 6.07) is 13.4. The normalized spacial score (nSPS) is 14.6. The molecule has 154 valence electrons. The number of fused-ring (bicyclic) bond motifs is 1. The Labute approximate surface area is 170 Å². The number of aliphatic hydroxyl groups is 1. The number of aliphatic hydroxyl groups excluding tert-OH is 1. The van der Waals surface area contributed by atoms with Gasteiger partial charge in [-0.05, 0) is 42.5 Å². The third kappa shape index (κ3) is 5.35. The molecule has 0 aliphatic carbocycles. The van der Waals surface area contributed by atoms with Gasteiger partial charge in [-0.25, -0.2) is 13.2 Å². The van der Waals surface area contributed by atoms with Gasteiger partial charge in [-0.3, -0.25) is 0 Å². The second-order valence-corrected chi connectivity index (χ2v) is 9.49. The van der Waals surface area contributed by atoms with Crippen molar-refractivity contribution >= 4 is 16.1 Å². The number of hydrogen-bond acceptors (Lipinski definition) is 4. The number of carbonyl (C=O) groups excluding carboxylic acids is 1. The molecule has 0 fully saturated rings. The summed E-state index contributed by atoms with van der Waals surface area (Å²) in [6.07, 6.45) is 0.333. The van der Waals surface area contributed by atoms with Crippen LogP contribution in [0.5, 0.6) is 0 Å². The molecule has 0 radical (unpaired) electrons. The number of urea groups is 1. The predicted octanol–water partition coefficient (Wildman–Crippen LogP) is 1.70. The molecular formula is C21H25N3O4S. The van der Waals surface area contributed by atoms with Crippen LogP contribution in [0.3, 0.4) is 0 Å². The summed E-state index contributed by atoms with van der Waals surface area (Å²) >= 11 is 0. The second-order valence-electron chi connectivity index (χ2n) is 7.55. The lowest BCUT2D eigenvalue weighted by Gasteiger charge is -2.26. The standard InChI is InChI=1S/C21H25N3O4S/c1-15(2)13-24(14-17(25)9-8-16-6-4-3-5-7-16)29(27,28)18-10-11-19-20(12-18)23-21(26)22-19/h3-7,10-12,15,17,25H,8-9,13-14H2,1-2H3/t17-/m1/s1. The third-order valence-corrected chi connectivity index (χ3v) is 6.44. The molecule has 2 aromatic rings. The zero-order valence-corrected chi connectivity index (χ0v) is 17.3. The number of aryl methyl sites for hydroxylation is 1. The molecule has 1 N–H and O–H groups in total. The van der Waals surface area contributed by atoms with Crippen LogP contribution >= 0.6 is 0 Å². The van der Waals surface area contributed by atoms with E-state index in [1.165, 1.54) is 22.5 Å². The summed E-state index contributed by atoms with van der Waals surface area (Å²) in [5.41, 5.74) is 1.10. The summed E-state index contributed by atoms with van der Waals surface area (Å²) in [5.74, 6) is 0.0850. The van der Waals surface area contributed by atoms with Gasteiger partial charge in [-0.1, -0.05) is 44.2 Å². The van der Waals surface area contributed by atoms with Gasteiger partial charge in [-0.15, -0.1) is 0 Å². The zero-order chi connectivity index (χ0) is 21.0. The topological polar surface area (TPSA) is 99.4 Å². The lowest BCUT2D eigenvalue weighted by Crippen LogP contribution is -2.40. The Morgan fingerprint density at radius 3 is 2.38 bits per heavy atom. The molecule has 1 heterocycles. The first-order chi connectivity index (χ1) is 13.8. The van der Waals surface area contributed by atoms with Gasteiger partial charge in [0.15, 0.2) is 0 Å². The molecule has 1 atom stereocenters. The van der Waals surface area contributed by atoms with Gasteiger partial charge in [0, 0.05) is 13.1 Å². The molecule has 2 amide bonds. The van der Waals surface area contributed by atoms with E-state index in [2.05, 4.69) is 9.98 Å². The van der Waals surface area contributed by atoms with Crippen LogP contribution in [0.2, 0.25) is 0 Å². The zero-order valence-electron chi connectivity index (χ0n) is 16.5. The monoisotopic (exact) mass is 415 g/mol. The first-order valence-corrected chi connectivity index (χ1v) is 11.0. The van der Waals surface area contributed by atoms with Gasteiger partial charge in [0.25, 0.3) is 0 Å². The molecule has 0 saturated heterocycles. The molecule has 29 heavy (non-hydrogen) atoms. The van der Waals surface area contributed by atoms with Crippen LogP contribution in [0.15, 0.2) is 63.4 Å². The largest absolute Gasteiger partial charge is 0.392 e. The van der Waals surface area contributed by atoms with Crippen molar-refractivity contribution in [2.75, 3.05) is 13.1 Å². The van der Waals surface area contributed by atoms with Crippen LogP contribution in [-0.2, 0) is 16.4 Å². The quantitative estimate of drug-likeness (QED) is 0.674. The van der Waals surface area contributed by atoms with Crippen molar-refractivity contribution < 1.29 is 18.3 Å². The Kier molecular flexibility index (Phi) is 6.56. The smallest absolute Gasteiger partial charge is 0.368 e. The second kappa shape index (κ2) is 8.94. The number of sulfonamides is 1. The van der Waals surface area contributed by atoms with E-state index >= 15 is 0 Å². The van der Waals surface area contributed by atoms with Crippen molar-refractivity contribution in [2.45, 2.75) is 37.7 Å². The van der Waals surface area contributed by atoms with E-state index < -0.39 is 22.2 Å². The van der Waals surface area contributed by atoms with Crippen molar-refractivity contribution in [3.63, 3.8) is 0 Å². The molecule has 0 saturated carbocycles. The minimum Gasteiger partial charge on any atom is -0.392 e. The fourth-order valence-corrected chi connectivity index (χ4v) is 4.87. The van der Waals surface area contributed by atoms with E-state index in [1.807, 2.05) is 44.2 Å². The van der Waals surface area contributed by atoms with Gasteiger partial charge in [-0.2, -0.15) is 14.3 Å². The number of carbonyl (C=O) groups is 1. The molecule has 3 rings (SSSR count). The van der Waals surface area contributed by atoms with E-state index in [0.29, 0.717) is 18.2 Å². The highest BCUT2D eigenvalue weighted by molar-refractivity contribution is 7.89. The average Bonchev–Trinajstić information content (AvgIpc) is 3.05. The molecule has 0 bridgehead atoms. The summed E-state index contributed by atoms with van der Waals surface area (Å²) in [5, 5.41) is 11.1. The number of nitrogens with zero attached hydrogens (tertiary/aromatic N) is 3. The number of hydrogen-bond donors (Lipinski definition) is 1. The summed E-state index contributed by atoms with van der Waals surface area (Å²) in [6.45, 7) is 4.13. The van der Waals surface area contributed by atoms with Crippen LogP contribution in [0.1, 0.15) is 25.8 Å². The van der Waals surface area contributed by atoms with Crippen molar-refractivity contribution in [2.24, 2.45) is 15.9 Å². The maximum absolute atomic E-state index is 13.2. The van der Waals surface area contributed by atoms with Crippen LogP contribution in [-0.4, -0.2) is 43.1 Å². The average molecular weight is 416 g/mol. The van der Waals surface area contributed by atoms with Crippen LogP contribution in [0, 0.1) is 5.92 Å². The molecule has 1 aliphatic heterocycles. The molecule has 2 aromatic carbocycles. The first-order valence-electron chi connectivity index (χ1n) is 9.59. The number of benzene rings is 2. The highest BCUT2D eigenvalue weighted by Crippen LogP contribution is 2.17. The molecule has 0 unspecified atom stereocenters. The minimum absolute atomic E-state index is 0.00484. The molecule has 8 heteroatoms. The molecular weight excluding hydrogens is 390 g/mol. The molecule has 1 aliphatic rings. The summed E-state index contributed by atoms with van der Waals surface area (Å²) in [7, 11) is -3.85. The van der Waals surface area contributed by atoms with Crippen molar-refractivity contribution in [3.05, 3.63) is 64.8 Å². The molecule has 0 aromatic heterocycles. The first kappa shape index (κ1) is 21.3. The maximum atomic E-state index is 13.2. The Balaban J connectivity index is 1.78. The van der Waals surface area contributed by atoms with Crippen molar-refractivity contribution in [1.82, 2.24) is 4.31 Å². The van der Waals surface area contributed by atoms with E-state index in [0.717, 1.165) is 5.56 Å². The lowest BCUT2D eigenvalue weighted by atomic mass is 10.1. The van der Waals surface area contributed by atoms with E-state index in [9.17, 15) is 18.3 Å². The number of rotatable bonds is 9.